The monoisotopic (exact) mass is 444 g/mol. The number of ether oxygens (including phenoxy) is 2. The molecule has 0 N–H and O–H groups in total. The van der Waals surface area contributed by atoms with Gasteiger partial charge in [-0.25, -0.2) is 0 Å². The van der Waals surface area contributed by atoms with E-state index in [-0.39, 0.29) is 0 Å². The number of alkyl halides is 3. The summed E-state index contributed by atoms with van der Waals surface area (Å²) in [6.45, 7) is 4.93. The highest BCUT2D eigenvalue weighted by Gasteiger charge is 2.49. The Kier molecular flexibility index (Phi) is 6.06. The van der Waals surface area contributed by atoms with Crippen LogP contribution in [0.15, 0.2) is 36.4 Å². The summed E-state index contributed by atoms with van der Waals surface area (Å²) in [4.78, 5) is 0. The van der Waals surface area contributed by atoms with Gasteiger partial charge in [0.2, 0.25) is 0 Å². The molecule has 0 fully saturated rings. The smallest absolute Gasteiger partial charge is 0.489 e. The van der Waals surface area contributed by atoms with Crippen LogP contribution in [-0.4, -0.2) is 26.1 Å². The summed E-state index contributed by atoms with van der Waals surface area (Å²) in [5.41, 5.74) is -3.10. The van der Waals surface area contributed by atoms with Crippen LogP contribution in [0.3, 0.4) is 0 Å². The second-order valence-electron chi connectivity index (χ2n) is 7.61. The zero-order valence-corrected chi connectivity index (χ0v) is 17.7. The van der Waals surface area contributed by atoms with Crippen LogP contribution in [0.2, 0.25) is 0 Å². The van der Waals surface area contributed by atoms with Gasteiger partial charge in [-0.3, -0.25) is 4.18 Å². The normalized spacial score (nSPS) is 19.1. The van der Waals surface area contributed by atoms with Gasteiger partial charge < -0.3 is 9.47 Å². The highest BCUT2D eigenvalue weighted by atomic mass is 32.2. The molecule has 164 valence electrons. The molecule has 0 saturated heterocycles. The third-order valence-corrected chi connectivity index (χ3v) is 6.09. The van der Waals surface area contributed by atoms with E-state index in [2.05, 4.69) is 4.18 Å². The molecule has 9 heteroatoms. The molecule has 1 atom stereocenters. The van der Waals surface area contributed by atoms with E-state index >= 15 is 0 Å². The van der Waals surface area contributed by atoms with E-state index in [0.29, 0.717) is 30.9 Å². The van der Waals surface area contributed by atoms with Crippen molar-refractivity contribution in [1.29, 1.82) is 0 Å². The van der Waals surface area contributed by atoms with Gasteiger partial charge in [0.25, 0.3) is 0 Å². The molecule has 0 spiro atoms. The summed E-state index contributed by atoms with van der Waals surface area (Å²) >= 11 is 0. The molecule has 30 heavy (non-hydrogen) atoms. The first-order valence-electron chi connectivity index (χ1n) is 9.36. The molecule has 0 aliphatic carbocycles. The van der Waals surface area contributed by atoms with E-state index in [0.717, 1.165) is 22.3 Å². The van der Waals surface area contributed by atoms with Gasteiger partial charge in [0.15, 0.2) is 0 Å². The lowest BCUT2D eigenvalue weighted by molar-refractivity contribution is -0.0606. The minimum atomic E-state index is -5.67. The molecule has 2 aromatic carbocycles. The number of aryl methyl sites for hydroxylation is 1. The van der Waals surface area contributed by atoms with Crippen molar-refractivity contribution in [2.45, 2.75) is 51.3 Å². The van der Waals surface area contributed by atoms with Crippen molar-refractivity contribution in [2.75, 3.05) is 6.61 Å². The predicted octanol–water partition coefficient (Wildman–Crippen LogP) is 4.83. The second kappa shape index (κ2) is 8.11. The molecule has 0 aromatic heterocycles. The molecule has 0 amide bonds. The Hall–Kier alpha value is -2.26. The van der Waals surface area contributed by atoms with Crippen LogP contribution in [0.1, 0.15) is 35.6 Å². The van der Waals surface area contributed by atoms with Gasteiger partial charge in [-0.2, -0.15) is 21.6 Å². The van der Waals surface area contributed by atoms with Crippen LogP contribution in [0.25, 0.3) is 0 Å². The van der Waals surface area contributed by atoms with Crippen LogP contribution < -0.4 is 9.47 Å². The fourth-order valence-electron chi connectivity index (χ4n) is 3.31. The van der Waals surface area contributed by atoms with Gasteiger partial charge in [-0.1, -0.05) is 30.3 Å². The molecule has 0 unspecified atom stereocenters. The van der Waals surface area contributed by atoms with Gasteiger partial charge >= 0.3 is 15.6 Å². The van der Waals surface area contributed by atoms with E-state index in [9.17, 15) is 21.6 Å². The van der Waals surface area contributed by atoms with E-state index < -0.39 is 27.8 Å². The summed E-state index contributed by atoms with van der Waals surface area (Å²) in [7, 11) is -5.67. The minimum Gasteiger partial charge on any atom is -0.489 e. The van der Waals surface area contributed by atoms with Crippen LogP contribution >= 0.6 is 0 Å². The SMILES string of the molecule is Cc1cc(OCc2ccccc2)c(C)c2c1O[C@@](C)(COS(=O)(=O)C(F)(F)F)CC2. The Bertz CT molecular complexity index is 1020. The first kappa shape index (κ1) is 22.4. The minimum absolute atomic E-state index is 0.301. The molecule has 2 aromatic rings. The first-order chi connectivity index (χ1) is 13.9. The maximum atomic E-state index is 12.5. The molecule has 0 radical (unpaired) electrons. The maximum Gasteiger partial charge on any atom is 0.523 e. The number of rotatable bonds is 6. The van der Waals surface area contributed by atoms with E-state index in [1.807, 2.05) is 50.2 Å². The molecule has 1 aliphatic rings. The summed E-state index contributed by atoms with van der Waals surface area (Å²) in [5.74, 6) is 1.24. The van der Waals surface area contributed by atoms with Gasteiger partial charge in [0.05, 0.1) is 0 Å². The highest BCUT2D eigenvalue weighted by Crippen LogP contribution is 2.42. The van der Waals surface area contributed by atoms with E-state index in [1.165, 1.54) is 6.92 Å². The molecule has 1 heterocycles. The average molecular weight is 444 g/mol. The van der Waals surface area contributed by atoms with Gasteiger partial charge in [0.1, 0.15) is 30.3 Å². The van der Waals surface area contributed by atoms with Gasteiger partial charge in [0, 0.05) is 5.56 Å². The Morgan fingerprint density at radius 3 is 2.47 bits per heavy atom. The summed E-state index contributed by atoms with van der Waals surface area (Å²) in [6.07, 6.45) is 0.798. The van der Waals surface area contributed by atoms with Crippen molar-refractivity contribution in [3.05, 3.63) is 58.7 Å². The van der Waals surface area contributed by atoms with Crippen molar-refractivity contribution in [2.24, 2.45) is 0 Å². The van der Waals surface area contributed by atoms with Crippen LogP contribution in [0, 0.1) is 13.8 Å². The van der Waals surface area contributed by atoms with Crippen LogP contribution in [0.5, 0.6) is 11.5 Å². The van der Waals surface area contributed by atoms with Gasteiger partial charge in [-0.15, -0.1) is 0 Å². The Balaban J connectivity index is 1.77. The topological polar surface area (TPSA) is 61.8 Å². The Morgan fingerprint density at radius 1 is 1.17 bits per heavy atom. The Morgan fingerprint density at radius 2 is 1.83 bits per heavy atom. The lowest BCUT2D eigenvalue weighted by atomic mass is 9.89. The summed E-state index contributed by atoms with van der Waals surface area (Å²) in [6, 6.07) is 11.5. The zero-order chi connectivity index (χ0) is 22.2. The largest absolute Gasteiger partial charge is 0.523 e. The van der Waals surface area contributed by atoms with E-state index in [4.69, 9.17) is 9.47 Å². The maximum absolute atomic E-state index is 12.5. The molecular formula is C21H23F3O5S. The molecule has 0 saturated carbocycles. The molecule has 1 aliphatic heterocycles. The second-order valence-corrected chi connectivity index (χ2v) is 9.22. The summed E-state index contributed by atoms with van der Waals surface area (Å²) in [5, 5.41) is 0. The van der Waals surface area contributed by atoms with Gasteiger partial charge in [-0.05, 0) is 56.4 Å². The molecule has 3 rings (SSSR count). The standard InChI is InChI=1S/C21H23F3O5S/c1-14-11-18(27-12-16-7-5-4-6-8-16)15(2)17-9-10-20(3,29-19(14)17)13-28-30(25,26)21(22,23)24/h4-8,11H,9-10,12-13H2,1-3H3/t20-/m1/s1. The van der Waals surface area contributed by atoms with Crippen molar-refractivity contribution >= 4 is 10.1 Å². The van der Waals surface area contributed by atoms with Crippen molar-refractivity contribution in [3.63, 3.8) is 0 Å². The van der Waals surface area contributed by atoms with Crippen LogP contribution in [-0.2, 0) is 27.3 Å². The number of hydrogen-bond acceptors (Lipinski definition) is 5. The third kappa shape index (κ3) is 4.73. The van der Waals surface area contributed by atoms with Crippen molar-refractivity contribution in [3.8, 4) is 11.5 Å². The molecular weight excluding hydrogens is 421 g/mol. The molecule has 5 nitrogen and oxygen atoms in total. The zero-order valence-electron chi connectivity index (χ0n) is 16.9. The quantitative estimate of drug-likeness (QED) is 0.472. The predicted molar refractivity (Wildman–Crippen MR) is 105 cm³/mol. The summed E-state index contributed by atoms with van der Waals surface area (Å²) < 4.78 is 76.2. The molecule has 0 bridgehead atoms. The van der Waals surface area contributed by atoms with E-state index in [1.54, 1.807) is 0 Å². The number of hydrogen-bond donors (Lipinski definition) is 0. The van der Waals surface area contributed by atoms with Crippen LogP contribution in [0.4, 0.5) is 13.2 Å². The number of fused-ring (bicyclic) bond motifs is 1. The fraction of sp³-hybridized carbons (Fsp3) is 0.429. The third-order valence-electron chi connectivity index (χ3n) is 5.09. The fourth-order valence-corrected chi connectivity index (χ4v) is 3.85. The number of halogens is 3. The first-order valence-corrected chi connectivity index (χ1v) is 10.8. The Labute approximate surface area is 173 Å². The lowest BCUT2D eigenvalue weighted by Crippen LogP contribution is -2.43. The van der Waals surface area contributed by atoms with Crippen molar-refractivity contribution in [1.82, 2.24) is 0 Å². The lowest BCUT2D eigenvalue weighted by Gasteiger charge is -2.37. The highest BCUT2D eigenvalue weighted by molar-refractivity contribution is 7.87. The van der Waals surface area contributed by atoms with Crippen molar-refractivity contribution < 1.29 is 35.2 Å². The number of benzene rings is 2. The average Bonchev–Trinajstić information content (AvgIpc) is 2.68.